The van der Waals surface area contributed by atoms with E-state index in [0.717, 1.165) is 30.6 Å². The molecule has 1 N–H and O–H groups in total. The van der Waals surface area contributed by atoms with Crippen LogP contribution in [0.3, 0.4) is 0 Å². The standard InChI is InChI=1S/C29H46O2/c1-19(8-7-9-20(2)30)21-12-14-27(6)23-11-10-22-25(3,4)24(31)13-15-28(22)18-29(23,28)17-16-26(21,27)5/h7,9,19,21-24,31H,8,10-18H2,1-6H3/b9-7+. The third kappa shape index (κ3) is 2.64. The van der Waals surface area contributed by atoms with E-state index >= 15 is 0 Å². The summed E-state index contributed by atoms with van der Waals surface area (Å²) >= 11 is 0. The van der Waals surface area contributed by atoms with Gasteiger partial charge in [0, 0.05) is 0 Å². The molecule has 0 heterocycles. The first-order valence-corrected chi connectivity index (χ1v) is 13.3. The molecular weight excluding hydrogens is 380 g/mol. The summed E-state index contributed by atoms with van der Waals surface area (Å²) in [5.74, 6) is 3.21. The third-order valence-corrected chi connectivity index (χ3v) is 12.7. The van der Waals surface area contributed by atoms with Gasteiger partial charge in [-0.3, -0.25) is 4.79 Å². The molecule has 2 heteroatoms. The molecule has 31 heavy (non-hydrogen) atoms. The molecule has 5 saturated carbocycles. The summed E-state index contributed by atoms with van der Waals surface area (Å²) in [5, 5.41) is 10.8. The van der Waals surface area contributed by atoms with Crippen molar-refractivity contribution in [3.8, 4) is 0 Å². The minimum absolute atomic E-state index is 0.0874. The minimum atomic E-state index is -0.110. The first kappa shape index (κ1) is 22.2. The van der Waals surface area contributed by atoms with Gasteiger partial charge in [-0.1, -0.05) is 40.7 Å². The molecule has 0 aromatic heterocycles. The van der Waals surface area contributed by atoms with Crippen molar-refractivity contribution in [2.45, 2.75) is 112 Å². The molecule has 0 aromatic carbocycles. The minimum Gasteiger partial charge on any atom is -0.393 e. The summed E-state index contributed by atoms with van der Waals surface area (Å²) in [4.78, 5) is 11.4. The molecule has 0 aromatic rings. The molecule has 0 aliphatic heterocycles. The lowest BCUT2D eigenvalue weighted by molar-refractivity contribution is -0.161. The second-order valence-corrected chi connectivity index (χ2v) is 13.8. The van der Waals surface area contributed by atoms with Gasteiger partial charge in [-0.2, -0.15) is 0 Å². The number of allylic oxidation sites excluding steroid dienone is 2. The van der Waals surface area contributed by atoms with Gasteiger partial charge in [0.1, 0.15) is 0 Å². The van der Waals surface area contributed by atoms with E-state index in [0.29, 0.717) is 27.6 Å². The van der Waals surface area contributed by atoms with Crippen molar-refractivity contribution in [3.05, 3.63) is 12.2 Å². The van der Waals surface area contributed by atoms with Crippen molar-refractivity contribution in [1.29, 1.82) is 0 Å². The molecule has 2 nitrogen and oxygen atoms in total. The van der Waals surface area contributed by atoms with E-state index in [1.807, 2.05) is 0 Å². The van der Waals surface area contributed by atoms with E-state index in [2.05, 4.69) is 40.7 Å². The lowest BCUT2D eigenvalue weighted by atomic mass is 9.42. The molecular formula is C29H46O2. The van der Waals surface area contributed by atoms with Crippen LogP contribution in [-0.4, -0.2) is 17.0 Å². The normalized spacial score (nSPS) is 53.3. The van der Waals surface area contributed by atoms with E-state index < -0.39 is 0 Å². The fourth-order valence-electron chi connectivity index (χ4n) is 10.9. The van der Waals surface area contributed by atoms with Crippen molar-refractivity contribution >= 4 is 5.78 Å². The molecule has 0 radical (unpaired) electrons. The topological polar surface area (TPSA) is 37.3 Å². The van der Waals surface area contributed by atoms with Gasteiger partial charge >= 0.3 is 0 Å². The zero-order chi connectivity index (χ0) is 22.4. The Labute approximate surface area is 190 Å². The van der Waals surface area contributed by atoms with Gasteiger partial charge in [-0.25, -0.2) is 0 Å². The Bertz CT molecular complexity index is 797. The van der Waals surface area contributed by atoms with Crippen LogP contribution in [0.4, 0.5) is 0 Å². The lowest BCUT2D eigenvalue weighted by Gasteiger charge is -2.63. The van der Waals surface area contributed by atoms with Crippen LogP contribution in [0.15, 0.2) is 12.2 Å². The van der Waals surface area contributed by atoms with Crippen LogP contribution in [0, 0.1) is 50.7 Å². The van der Waals surface area contributed by atoms with Crippen LogP contribution in [0.5, 0.6) is 0 Å². The maximum atomic E-state index is 11.4. The van der Waals surface area contributed by atoms with Gasteiger partial charge in [-0.05, 0) is 128 Å². The number of carbonyl (C=O) groups excluding carboxylic acids is 1. The Morgan fingerprint density at radius 2 is 1.61 bits per heavy atom. The summed E-state index contributed by atoms with van der Waals surface area (Å²) in [6.45, 7) is 14.2. The first-order chi connectivity index (χ1) is 14.4. The quantitative estimate of drug-likeness (QED) is 0.493. The highest BCUT2D eigenvalue weighted by molar-refractivity contribution is 5.87. The zero-order valence-electron chi connectivity index (χ0n) is 21.0. The largest absolute Gasteiger partial charge is 0.393 e. The molecule has 5 aliphatic rings. The summed E-state index contributed by atoms with van der Waals surface area (Å²) in [5.41, 5.74) is 2.10. The Balaban J connectivity index is 1.42. The highest BCUT2D eigenvalue weighted by atomic mass is 16.3. The van der Waals surface area contributed by atoms with Crippen LogP contribution in [-0.2, 0) is 4.79 Å². The van der Waals surface area contributed by atoms with Crippen molar-refractivity contribution in [3.63, 3.8) is 0 Å². The average molecular weight is 427 g/mol. The number of carbonyl (C=O) groups is 1. The number of rotatable bonds is 4. The van der Waals surface area contributed by atoms with Crippen LogP contribution in [0.25, 0.3) is 0 Å². The van der Waals surface area contributed by atoms with Gasteiger partial charge in [0.05, 0.1) is 6.10 Å². The van der Waals surface area contributed by atoms with Crippen molar-refractivity contribution in [2.24, 2.45) is 50.7 Å². The Kier molecular flexibility index (Phi) is 4.80. The van der Waals surface area contributed by atoms with Crippen LogP contribution < -0.4 is 0 Å². The van der Waals surface area contributed by atoms with Crippen molar-refractivity contribution in [2.75, 3.05) is 0 Å². The predicted octanol–water partition coefficient (Wildman–Crippen LogP) is 6.96. The molecule has 5 fully saturated rings. The second-order valence-electron chi connectivity index (χ2n) is 13.8. The van der Waals surface area contributed by atoms with E-state index in [1.54, 1.807) is 13.0 Å². The molecule has 9 unspecified atom stereocenters. The zero-order valence-corrected chi connectivity index (χ0v) is 21.0. The first-order valence-electron chi connectivity index (χ1n) is 13.3. The summed E-state index contributed by atoms with van der Waals surface area (Å²) in [6.07, 6.45) is 16.9. The molecule has 9 atom stereocenters. The van der Waals surface area contributed by atoms with Gasteiger partial charge in [0.2, 0.25) is 0 Å². The fraction of sp³-hybridized carbons (Fsp3) is 0.897. The number of aliphatic hydroxyl groups is 1. The number of fused-ring (bicyclic) bond motifs is 2. The van der Waals surface area contributed by atoms with Gasteiger partial charge < -0.3 is 5.11 Å². The molecule has 0 bridgehead atoms. The Hall–Kier alpha value is -0.630. The second kappa shape index (κ2) is 6.71. The molecule has 0 saturated heterocycles. The highest BCUT2D eigenvalue weighted by Gasteiger charge is 2.82. The number of aliphatic hydroxyl groups excluding tert-OH is 1. The highest BCUT2D eigenvalue weighted by Crippen LogP contribution is 2.89. The molecule has 5 aliphatic carbocycles. The van der Waals surface area contributed by atoms with E-state index in [1.165, 1.54) is 51.4 Å². The van der Waals surface area contributed by atoms with Gasteiger partial charge in [0.15, 0.2) is 5.78 Å². The van der Waals surface area contributed by atoms with Gasteiger partial charge in [0.25, 0.3) is 0 Å². The fourth-order valence-corrected chi connectivity index (χ4v) is 10.9. The number of hydrogen-bond donors (Lipinski definition) is 1. The third-order valence-electron chi connectivity index (χ3n) is 12.7. The molecule has 5 rings (SSSR count). The van der Waals surface area contributed by atoms with Crippen LogP contribution >= 0.6 is 0 Å². The average Bonchev–Trinajstić information content (AvgIpc) is 3.27. The Morgan fingerprint density at radius 1 is 0.935 bits per heavy atom. The molecule has 174 valence electrons. The monoisotopic (exact) mass is 426 g/mol. The Morgan fingerprint density at radius 3 is 2.32 bits per heavy atom. The van der Waals surface area contributed by atoms with Crippen molar-refractivity contribution < 1.29 is 9.90 Å². The lowest BCUT2D eigenvalue weighted by Crippen LogP contribution is -2.57. The van der Waals surface area contributed by atoms with Crippen LogP contribution in [0.2, 0.25) is 0 Å². The van der Waals surface area contributed by atoms with Gasteiger partial charge in [-0.15, -0.1) is 0 Å². The molecule has 2 spiro atoms. The smallest absolute Gasteiger partial charge is 0.152 e. The van der Waals surface area contributed by atoms with E-state index in [4.69, 9.17) is 0 Å². The maximum absolute atomic E-state index is 11.4. The number of hydrogen-bond acceptors (Lipinski definition) is 2. The van der Waals surface area contributed by atoms with Crippen LogP contribution in [0.1, 0.15) is 106 Å². The summed E-state index contributed by atoms with van der Waals surface area (Å²) in [6, 6.07) is 0. The van der Waals surface area contributed by atoms with E-state index in [-0.39, 0.29) is 17.3 Å². The summed E-state index contributed by atoms with van der Waals surface area (Å²) < 4.78 is 0. The number of ketones is 1. The molecule has 0 amide bonds. The SMILES string of the molecule is CC(=O)/C=C/CC(C)C1CCC2(C)C3CCC4C(C)(C)C(O)CCC45CC35CCC12C. The predicted molar refractivity (Wildman–Crippen MR) is 126 cm³/mol. The van der Waals surface area contributed by atoms with Crippen molar-refractivity contribution in [1.82, 2.24) is 0 Å². The van der Waals surface area contributed by atoms with E-state index in [9.17, 15) is 9.90 Å². The summed E-state index contributed by atoms with van der Waals surface area (Å²) in [7, 11) is 0. The maximum Gasteiger partial charge on any atom is 0.152 e.